The smallest absolute Gasteiger partial charge is 0.341 e. The highest BCUT2D eigenvalue weighted by Crippen LogP contribution is 2.42. The molecule has 3 heterocycles. The van der Waals surface area contributed by atoms with Crippen LogP contribution in [0.15, 0.2) is 12.1 Å². The monoisotopic (exact) mass is 402 g/mol. The molecule has 2 aromatic heterocycles. The van der Waals surface area contributed by atoms with Crippen molar-refractivity contribution in [3.05, 3.63) is 28.1 Å². The standard InChI is InChI=1S/C19H18N2O4S2/c1-23-18(22)16-10-5-3-2-4-6-14(10)26-17(16)21-19-20-11-7-12-13(25-9-24-12)8-15(11)27-19/h7-8H,2-6,9H2,1H3,(H,20,21). The Kier molecular flexibility index (Phi) is 4.17. The SMILES string of the molecule is COC(=O)c1c(Nc2nc3cc4c(cc3s2)OCO4)sc2c1CCCCC2. The van der Waals surface area contributed by atoms with E-state index in [0.29, 0.717) is 5.56 Å². The van der Waals surface area contributed by atoms with Crippen LogP contribution in [0.2, 0.25) is 0 Å². The maximum absolute atomic E-state index is 12.5. The zero-order chi connectivity index (χ0) is 18.4. The first-order chi connectivity index (χ1) is 13.2. The third-order valence-electron chi connectivity index (χ3n) is 4.91. The molecule has 140 valence electrons. The molecule has 6 nitrogen and oxygen atoms in total. The topological polar surface area (TPSA) is 69.7 Å². The van der Waals surface area contributed by atoms with E-state index in [2.05, 4.69) is 10.3 Å². The van der Waals surface area contributed by atoms with Crippen molar-refractivity contribution in [2.45, 2.75) is 32.1 Å². The Morgan fingerprint density at radius 2 is 1.96 bits per heavy atom. The zero-order valence-electron chi connectivity index (χ0n) is 14.8. The number of aryl methyl sites for hydroxylation is 1. The van der Waals surface area contributed by atoms with Crippen molar-refractivity contribution in [1.29, 1.82) is 0 Å². The van der Waals surface area contributed by atoms with Gasteiger partial charge in [0, 0.05) is 17.0 Å². The van der Waals surface area contributed by atoms with Crippen molar-refractivity contribution in [2.24, 2.45) is 0 Å². The number of benzene rings is 1. The highest BCUT2D eigenvalue weighted by Gasteiger charge is 2.26. The molecule has 0 spiro atoms. The number of hydrogen-bond acceptors (Lipinski definition) is 8. The van der Waals surface area contributed by atoms with E-state index in [1.807, 2.05) is 12.1 Å². The third kappa shape index (κ3) is 2.93. The first-order valence-corrected chi connectivity index (χ1v) is 10.6. The van der Waals surface area contributed by atoms with Gasteiger partial charge in [-0.1, -0.05) is 17.8 Å². The molecule has 5 rings (SSSR count). The van der Waals surface area contributed by atoms with Gasteiger partial charge in [0.2, 0.25) is 6.79 Å². The Labute approximate surface area is 164 Å². The molecule has 0 saturated heterocycles. The Morgan fingerprint density at radius 3 is 2.81 bits per heavy atom. The predicted molar refractivity (Wildman–Crippen MR) is 106 cm³/mol. The number of carbonyl (C=O) groups excluding carboxylic acids is 1. The number of nitrogens with zero attached hydrogens (tertiary/aromatic N) is 1. The van der Waals surface area contributed by atoms with Crippen LogP contribution in [-0.2, 0) is 17.6 Å². The summed E-state index contributed by atoms with van der Waals surface area (Å²) in [5.41, 5.74) is 2.67. The van der Waals surface area contributed by atoms with Gasteiger partial charge in [-0.25, -0.2) is 9.78 Å². The summed E-state index contributed by atoms with van der Waals surface area (Å²) in [6.45, 7) is 0.251. The van der Waals surface area contributed by atoms with Crippen LogP contribution >= 0.6 is 22.7 Å². The molecular formula is C19H18N2O4S2. The van der Waals surface area contributed by atoms with Gasteiger partial charge in [-0.05, 0) is 31.2 Å². The molecule has 1 aliphatic heterocycles. The summed E-state index contributed by atoms with van der Waals surface area (Å²) in [7, 11) is 1.44. The number of esters is 1. The summed E-state index contributed by atoms with van der Waals surface area (Å²) >= 11 is 3.18. The molecule has 0 saturated carbocycles. The molecule has 8 heteroatoms. The summed E-state index contributed by atoms with van der Waals surface area (Å²) in [4.78, 5) is 18.4. The van der Waals surface area contributed by atoms with Crippen LogP contribution in [0.5, 0.6) is 11.5 Å². The van der Waals surface area contributed by atoms with Gasteiger partial charge in [0.25, 0.3) is 0 Å². The number of ether oxygens (including phenoxy) is 3. The van der Waals surface area contributed by atoms with Gasteiger partial charge in [-0.2, -0.15) is 0 Å². The predicted octanol–water partition coefficient (Wildman–Crippen LogP) is 4.89. The number of thiophene rings is 1. The molecule has 1 aromatic carbocycles. The number of fused-ring (bicyclic) bond motifs is 3. The highest BCUT2D eigenvalue weighted by molar-refractivity contribution is 7.23. The number of anilines is 2. The van der Waals surface area contributed by atoms with Gasteiger partial charge in [-0.3, -0.25) is 0 Å². The summed E-state index contributed by atoms with van der Waals surface area (Å²) in [6, 6.07) is 3.84. The molecule has 1 N–H and O–H groups in total. The van der Waals surface area contributed by atoms with Crippen molar-refractivity contribution in [2.75, 3.05) is 19.2 Å². The second-order valence-electron chi connectivity index (χ2n) is 6.58. The molecule has 0 unspecified atom stereocenters. The van der Waals surface area contributed by atoms with E-state index in [-0.39, 0.29) is 12.8 Å². The molecule has 2 aliphatic rings. The van der Waals surface area contributed by atoms with Gasteiger partial charge in [0.1, 0.15) is 5.00 Å². The molecule has 0 atom stereocenters. The Morgan fingerprint density at radius 1 is 1.15 bits per heavy atom. The Hall–Kier alpha value is -2.32. The minimum absolute atomic E-state index is 0.251. The first-order valence-electron chi connectivity index (χ1n) is 8.93. The van der Waals surface area contributed by atoms with Gasteiger partial charge >= 0.3 is 5.97 Å². The van der Waals surface area contributed by atoms with Crippen LogP contribution in [0.3, 0.4) is 0 Å². The minimum atomic E-state index is -0.279. The number of aromatic nitrogens is 1. The summed E-state index contributed by atoms with van der Waals surface area (Å²) in [5, 5.41) is 4.95. The van der Waals surface area contributed by atoms with Crippen LogP contribution in [0.4, 0.5) is 10.1 Å². The fourth-order valence-electron chi connectivity index (χ4n) is 3.62. The van der Waals surface area contributed by atoms with E-state index < -0.39 is 0 Å². The average molecular weight is 402 g/mol. The van der Waals surface area contributed by atoms with Gasteiger partial charge in [0.05, 0.1) is 22.9 Å². The lowest BCUT2D eigenvalue weighted by Gasteiger charge is -2.06. The van der Waals surface area contributed by atoms with Gasteiger partial charge in [-0.15, -0.1) is 11.3 Å². The molecule has 3 aromatic rings. The van der Waals surface area contributed by atoms with Crippen LogP contribution in [0.1, 0.15) is 40.1 Å². The number of hydrogen-bond donors (Lipinski definition) is 1. The van der Waals surface area contributed by atoms with Gasteiger partial charge < -0.3 is 19.5 Å². The lowest BCUT2D eigenvalue weighted by atomic mass is 10.1. The van der Waals surface area contributed by atoms with E-state index >= 15 is 0 Å². The summed E-state index contributed by atoms with van der Waals surface area (Å²) < 4.78 is 17.0. The maximum atomic E-state index is 12.5. The summed E-state index contributed by atoms with van der Waals surface area (Å²) in [5.74, 6) is 1.19. The molecule has 0 bridgehead atoms. The number of thiazole rings is 1. The van der Waals surface area contributed by atoms with E-state index in [9.17, 15) is 4.79 Å². The van der Waals surface area contributed by atoms with E-state index in [1.54, 1.807) is 11.3 Å². The van der Waals surface area contributed by atoms with Crippen molar-refractivity contribution < 1.29 is 19.0 Å². The molecule has 0 amide bonds. The quantitative estimate of drug-likeness (QED) is 0.497. The van der Waals surface area contributed by atoms with Crippen molar-refractivity contribution in [1.82, 2.24) is 4.98 Å². The number of nitrogens with one attached hydrogen (secondary N) is 1. The minimum Gasteiger partial charge on any atom is -0.465 e. The number of rotatable bonds is 3. The van der Waals surface area contributed by atoms with Gasteiger partial charge in [0.15, 0.2) is 16.6 Å². The lowest BCUT2D eigenvalue weighted by molar-refractivity contribution is 0.0601. The van der Waals surface area contributed by atoms with Crippen LogP contribution in [0, 0.1) is 0 Å². The van der Waals surface area contributed by atoms with Crippen molar-refractivity contribution >= 4 is 49.0 Å². The highest BCUT2D eigenvalue weighted by atomic mass is 32.1. The third-order valence-corrected chi connectivity index (χ3v) is 7.05. The Balaban J connectivity index is 1.53. The summed E-state index contributed by atoms with van der Waals surface area (Å²) in [6.07, 6.45) is 5.43. The molecule has 0 fully saturated rings. The average Bonchev–Trinajstić information content (AvgIpc) is 3.31. The largest absolute Gasteiger partial charge is 0.465 e. The van der Waals surface area contributed by atoms with Crippen molar-refractivity contribution in [3.8, 4) is 11.5 Å². The normalized spacial score (nSPS) is 15.4. The van der Waals surface area contributed by atoms with Crippen LogP contribution in [0.25, 0.3) is 10.2 Å². The fourth-order valence-corrected chi connectivity index (χ4v) is 5.84. The maximum Gasteiger partial charge on any atom is 0.341 e. The number of carbonyl (C=O) groups is 1. The van der Waals surface area contributed by atoms with Crippen LogP contribution in [-0.4, -0.2) is 24.9 Å². The Bertz CT molecular complexity index is 999. The van der Waals surface area contributed by atoms with Crippen molar-refractivity contribution in [3.63, 3.8) is 0 Å². The molecule has 27 heavy (non-hydrogen) atoms. The van der Waals surface area contributed by atoms with E-state index in [1.165, 1.54) is 36.2 Å². The number of methoxy groups -OCH3 is 1. The second-order valence-corrected chi connectivity index (χ2v) is 8.71. The zero-order valence-corrected chi connectivity index (χ0v) is 16.4. The molecule has 0 radical (unpaired) electrons. The van der Waals surface area contributed by atoms with Crippen LogP contribution < -0.4 is 14.8 Å². The second kappa shape index (κ2) is 6.69. The fraction of sp³-hybridized carbons (Fsp3) is 0.368. The van der Waals surface area contributed by atoms with E-state index in [0.717, 1.165) is 56.7 Å². The lowest BCUT2D eigenvalue weighted by Crippen LogP contribution is -2.06. The first kappa shape index (κ1) is 16.8. The molecule has 1 aliphatic carbocycles. The van der Waals surface area contributed by atoms with E-state index in [4.69, 9.17) is 14.2 Å². The molecular weight excluding hydrogens is 384 g/mol.